The summed E-state index contributed by atoms with van der Waals surface area (Å²) in [6.07, 6.45) is 3.75. The van der Waals surface area contributed by atoms with Crippen molar-refractivity contribution in [3.05, 3.63) is 65.4 Å². The lowest BCUT2D eigenvalue weighted by Crippen LogP contribution is -2.29. The number of nitrogens with zero attached hydrogens (tertiary/aromatic N) is 2. The van der Waals surface area contributed by atoms with Gasteiger partial charge in [0.05, 0.1) is 12.3 Å². The third-order valence-corrected chi connectivity index (χ3v) is 4.44. The molecule has 0 N–H and O–H groups in total. The van der Waals surface area contributed by atoms with Crippen LogP contribution in [0, 0.1) is 6.92 Å². The molecule has 1 amide bonds. The van der Waals surface area contributed by atoms with Crippen molar-refractivity contribution in [2.24, 2.45) is 4.99 Å². The van der Waals surface area contributed by atoms with Gasteiger partial charge in [0.1, 0.15) is 11.4 Å². The van der Waals surface area contributed by atoms with Crippen LogP contribution in [0.1, 0.15) is 18.1 Å². The van der Waals surface area contributed by atoms with Crippen molar-refractivity contribution in [3.63, 3.8) is 0 Å². The molecule has 3 rings (SSSR count). The number of carbonyl (C=O) groups is 1. The molecule has 0 bridgehead atoms. The van der Waals surface area contributed by atoms with Gasteiger partial charge in [0.15, 0.2) is 5.17 Å². The highest BCUT2D eigenvalue weighted by Crippen LogP contribution is 2.29. The molecule has 0 spiro atoms. The SMILES string of the molecule is CCOc1ccc(N2C(=O)C(=Cc3ccc(C)cc3)N=C2SC)cc1. The molecular formula is C20H20N2O2S. The summed E-state index contributed by atoms with van der Waals surface area (Å²) < 4.78 is 5.46. The van der Waals surface area contributed by atoms with Crippen molar-refractivity contribution >= 4 is 34.6 Å². The van der Waals surface area contributed by atoms with Crippen LogP contribution in [0.15, 0.2) is 59.2 Å². The van der Waals surface area contributed by atoms with Crippen molar-refractivity contribution in [2.45, 2.75) is 13.8 Å². The number of benzene rings is 2. The van der Waals surface area contributed by atoms with E-state index in [1.165, 1.54) is 17.3 Å². The van der Waals surface area contributed by atoms with Gasteiger partial charge in [-0.05, 0) is 56.0 Å². The molecule has 2 aromatic rings. The number of anilines is 1. The average molecular weight is 352 g/mol. The number of ether oxygens (including phenoxy) is 1. The second-order valence-corrected chi connectivity index (χ2v) is 6.38. The minimum absolute atomic E-state index is 0.117. The van der Waals surface area contributed by atoms with Crippen molar-refractivity contribution < 1.29 is 9.53 Å². The molecule has 5 heteroatoms. The van der Waals surface area contributed by atoms with Gasteiger partial charge in [0.2, 0.25) is 0 Å². The number of aliphatic imine (C=N–C) groups is 1. The molecule has 1 aliphatic heterocycles. The third kappa shape index (κ3) is 3.77. The first-order chi connectivity index (χ1) is 12.1. The summed E-state index contributed by atoms with van der Waals surface area (Å²) in [6, 6.07) is 15.5. The summed E-state index contributed by atoms with van der Waals surface area (Å²) >= 11 is 1.45. The molecule has 0 fully saturated rings. The maximum Gasteiger partial charge on any atom is 0.283 e. The fraction of sp³-hybridized carbons (Fsp3) is 0.200. The molecule has 25 heavy (non-hydrogen) atoms. The van der Waals surface area contributed by atoms with Crippen LogP contribution >= 0.6 is 11.8 Å². The van der Waals surface area contributed by atoms with Crippen LogP contribution < -0.4 is 9.64 Å². The van der Waals surface area contributed by atoms with Gasteiger partial charge >= 0.3 is 0 Å². The van der Waals surface area contributed by atoms with Crippen molar-refractivity contribution in [1.82, 2.24) is 0 Å². The van der Waals surface area contributed by atoms with Crippen LogP contribution in [0.4, 0.5) is 5.69 Å². The van der Waals surface area contributed by atoms with Crippen molar-refractivity contribution in [3.8, 4) is 5.75 Å². The number of aryl methyl sites for hydroxylation is 1. The molecule has 2 aromatic carbocycles. The monoisotopic (exact) mass is 352 g/mol. The van der Waals surface area contributed by atoms with Gasteiger partial charge in [0, 0.05) is 0 Å². The Balaban J connectivity index is 1.90. The van der Waals surface area contributed by atoms with Crippen LogP contribution in [0.5, 0.6) is 5.75 Å². The third-order valence-electron chi connectivity index (χ3n) is 3.80. The Morgan fingerprint density at radius 3 is 2.40 bits per heavy atom. The fourth-order valence-electron chi connectivity index (χ4n) is 2.54. The second kappa shape index (κ2) is 7.57. The highest BCUT2D eigenvalue weighted by atomic mass is 32.2. The van der Waals surface area contributed by atoms with Gasteiger partial charge in [-0.2, -0.15) is 0 Å². The minimum Gasteiger partial charge on any atom is -0.494 e. The molecule has 0 atom stereocenters. The van der Waals surface area contributed by atoms with Gasteiger partial charge in [0.25, 0.3) is 5.91 Å². The molecule has 128 valence electrons. The van der Waals surface area contributed by atoms with Crippen molar-refractivity contribution in [1.29, 1.82) is 0 Å². The van der Waals surface area contributed by atoms with Gasteiger partial charge in [-0.15, -0.1) is 0 Å². The summed E-state index contributed by atoms with van der Waals surface area (Å²) in [7, 11) is 0. The van der Waals surface area contributed by atoms with Gasteiger partial charge < -0.3 is 4.74 Å². The maximum absolute atomic E-state index is 12.9. The van der Waals surface area contributed by atoms with E-state index in [0.717, 1.165) is 17.0 Å². The van der Waals surface area contributed by atoms with Crippen LogP contribution in [0.3, 0.4) is 0 Å². The summed E-state index contributed by atoms with van der Waals surface area (Å²) in [6.45, 7) is 4.59. The van der Waals surface area contributed by atoms with E-state index in [2.05, 4.69) is 4.99 Å². The molecule has 1 aliphatic rings. The number of amidine groups is 1. The van der Waals surface area contributed by atoms with E-state index in [4.69, 9.17) is 4.74 Å². The van der Waals surface area contributed by atoms with E-state index >= 15 is 0 Å². The second-order valence-electron chi connectivity index (χ2n) is 5.61. The molecule has 0 aliphatic carbocycles. The average Bonchev–Trinajstić information content (AvgIpc) is 2.94. The molecule has 4 nitrogen and oxygen atoms in total. The van der Waals surface area contributed by atoms with Crippen LogP contribution in [0.2, 0.25) is 0 Å². The Hall–Kier alpha value is -2.53. The van der Waals surface area contributed by atoms with Gasteiger partial charge in [-0.1, -0.05) is 41.6 Å². The number of thioether (sulfide) groups is 1. The van der Waals surface area contributed by atoms with E-state index < -0.39 is 0 Å². The predicted molar refractivity (Wildman–Crippen MR) is 105 cm³/mol. The molecule has 0 radical (unpaired) electrons. The molecule has 0 saturated carbocycles. The lowest BCUT2D eigenvalue weighted by Gasteiger charge is -2.17. The zero-order valence-corrected chi connectivity index (χ0v) is 15.3. The molecule has 0 aromatic heterocycles. The highest BCUT2D eigenvalue weighted by molar-refractivity contribution is 8.13. The standard InChI is InChI=1S/C20H20N2O2S/c1-4-24-17-11-9-16(10-12-17)22-19(23)18(21-20(22)25-3)13-15-7-5-14(2)6-8-15/h5-13H,4H2,1-3H3. The fourth-order valence-corrected chi connectivity index (χ4v) is 3.10. The smallest absolute Gasteiger partial charge is 0.283 e. The van der Waals surface area contributed by atoms with E-state index in [1.54, 1.807) is 4.90 Å². The van der Waals surface area contributed by atoms with Crippen LogP contribution in [-0.2, 0) is 4.79 Å². The predicted octanol–water partition coefficient (Wildman–Crippen LogP) is 4.50. The first-order valence-electron chi connectivity index (χ1n) is 8.10. The topological polar surface area (TPSA) is 41.9 Å². The Morgan fingerprint density at radius 1 is 1.12 bits per heavy atom. The Bertz CT molecular complexity index is 824. The minimum atomic E-state index is -0.117. The number of hydrogen-bond donors (Lipinski definition) is 0. The Kier molecular flexibility index (Phi) is 5.24. The first kappa shape index (κ1) is 17.3. The number of rotatable bonds is 4. The van der Waals surface area contributed by atoms with E-state index in [-0.39, 0.29) is 5.91 Å². The summed E-state index contributed by atoms with van der Waals surface area (Å²) in [5, 5.41) is 0.674. The lowest BCUT2D eigenvalue weighted by atomic mass is 10.1. The largest absolute Gasteiger partial charge is 0.494 e. The number of hydrogen-bond acceptors (Lipinski definition) is 4. The number of carbonyl (C=O) groups excluding carboxylic acids is 1. The van der Waals surface area contributed by atoms with Crippen molar-refractivity contribution in [2.75, 3.05) is 17.8 Å². The lowest BCUT2D eigenvalue weighted by molar-refractivity contribution is -0.113. The van der Waals surface area contributed by atoms with E-state index in [1.807, 2.05) is 74.7 Å². The summed E-state index contributed by atoms with van der Waals surface area (Å²) in [5.41, 5.74) is 3.38. The highest BCUT2D eigenvalue weighted by Gasteiger charge is 2.31. The molecular weight excluding hydrogens is 332 g/mol. The van der Waals surface area contributed by atoms with Crippen LogP contribution in [-0.4, -0.2) is 23.9 Å². The first-order valence-corrected chi connectivity index (χ1v) is 9.33. The number of amides is 1. The molecule has 1 heterocycles. The zero-order valence-electron chi connectivity index (χ0n) is 14.5. The van der Waals surface area contributed by atoms with E-state index in [0.29, 0.717) is 17.5 Å². The summed E-state index contributed by atoms with van der Waals surface area (Å²) in [4.78, 5) is 19.0. The molecule has 0 saturated heterocycles. The molecule has 0 unspecified atom stereocenters. The summed E-state index contributed by atoms with van der Waals surface area (Å²) in [5.74, 6) is 0.671. The van der Waals surface area contributed by atoms with Gasteiger partial charge in [-0.25, -0.2) is 4.99 Å². The Morgan fingerprint density at radius 2 is 1.80 bits per heavy atom. The van der Waals surface area contributed by atoms with Crippen LogP contribution in [0.25, 0.3) is 6.08 Å². The maximum atomic E-state index is 12.9. The van der Waals surface area contributed by atoms with E-state index in [9.17, 15) is 4.79 Å². The normalized spacial score (nSPS) is 15.6. The zero-order chi connectivity index (χ0) is 17.8. The van der Waals surface area contributed by atoms with Gasteiger partial charge in [-0.3, -0.25) is 9.69 Å². The quantitative estimate of drug-likeness (QED) is 0.761. The Labute approximate surface area is 152 Å².